The van der Waals surface area contributed by atoms with E-state index in [4.69, 9.17) is 5.26 Å². The van der Waals surface area contributed by atoms with Crippen LogP contribution < -0.4 is 4.90 Å². The van der Waals surface area contributed by atoms with E-state index in [0.717, 1.165) is 22.4 Å². The van der Waals surface area contributed by atoms with Crippen LogP contribution in [0.2, 0.25) is 0 Å². The van der Waals surface area contributed by atoms with Gasteiger partial charge in [0.1, 0.15) is 12.1 Å². The minimum atomic E-state index is 0.544. The van der Waals surface area contributed by atoms with Crippen molar-refractivity contribution in [1.29, 1.82) is 5.26 Å². The molecule has 2 aromatic carbocycles. The molecule has 2 aromatic heterocycles. The zero-order valence-corrected chi connectivity index (χ0v) is 12.4. The summed E-state index contributed by atoms with van der Waals surface area (Å²) in [5.41, 5.74) is 2.49. The number of hydrogen-bond donors (Lipinski definition) is 0. The Kier molecular flexibility index (Phi) is 2.91. The number of anilines is 2. The Morgan fingerprint density at radius 1 is 1.13 bits per heavy atom. The standard InChI is InChI=1S/C17H12N6/c1-22(13-6-4-5-12(9-13)10-18)16-14-7-2-3-8-15(14)23-11-19-21-17(23)20-16/h2-9,11H,1H3. The monoisotopic (exact) mass is 300 g/mol. The summed E-state index contributed by atoms with van der Waals surface area (Å²) >= 11 is 0. The van der Waals surface area contributed by atoms with Gasteiger partial charge in [-0.25, -0.2) is 0 Å². The molecule has 0 amide bonds. The molecule has 4 rings (SSSR count). The molecule has 110 valence electrons. The second-order valence-corrected chi connectivity index (χ2v) is 5.17. The number of nitriles is 1. The molecule has 2 heterocycles. The lowest BCUT2D eigenvalue weighted by Crippen LogP contribution is -2.13. The maximum atomic E-state index is 9.09. The molecule has 0 spiro atoms. The minimum absolute atomic E-state index is 0.544. The van der Waals surface area contributed by atoms with Crippen LogP contribution >= 0.6 is 0 Å². The van der Waals surface area contributed by atoms with E-state index in [9.17, 15) is 0 Å². The van der Waals surface area contributed by atoms with Gasteiger partial charge in [0, 0.05) is 18.1 Å². The van der Waals surface area contributed by atoms with E-state index in [2.05, 4.69) is 21.3 Å². The number of benzene rings is 2. The highest BCUT2D eigenvalue weighted by Gasteiger charge is 2.14. The van der Waals surface area contributed by atoms with Crippen molar-refractivity contribution in [2.24, 2.45) is 0 Å². The molecule has 0 bridgehead atoms. The van der Waals surface area contributed by atoms with E-state index in [1.54, 1.807) is 12.4 Å². The molecule has 0 atom stereocenters. The maximum absolute atomic E-state index is 9.09. The Labute approximate surface area is 132 Å². The van der Waals surface area contributed by atoms with Gasteiger partial charge in [-0.3, -0.25) is 4.40 Å². The fraction of sp³-hybridized carbons (Fsp3) is 0.0588. The highest BCUT2D eigenvalue weighted by atomic mass is 15.3. The third-order valence-electron chi connectivity index (χ3n) is 3.82. The topological polar surface area (TPSA) is 70.1 Å². The summed E-state index contributed by atoms with van der Waals surface area (Å²) in [5, 5.41) is 18.1. The summed E-state index contributed by atoms with van der Waals surface area (Å²) in [6.07, 6.45) is 1.66. The first-order chi connectivity index (χ1) is 11.3. The molecule has 0 saturated carbocycles. The average molecular weight is 300 g/mol. The lowest BCUT2D eigenvalue weighted by atomic mass is 10.2. The first kappa shape index (κ1) is 13.2. The Morgan fingerprint density at radius 2 is 2.00 bits per heavy atom. The van der Waals surface area contributed by atoms with Crippen LogP contribution in [0.4, 0.5) is 11.5 Å². The Hall–Kier alpha value is -3.46. The molecule has 0 fully saturated rings. The van der Waals surface area contributed by atoms with E-state index in [1.165, 1.54) is 0 Å². The highest BCUT2D eigenvalue weighted by molar-refractivity contribution is 5.93. The van der Waals surface area contributed by atoms with Crippen LogP contribution in [0.1, 0.15) is 5.56 Å². The van der Waals surface area contributed by atoms with Crippen molar-refractivity contribution in [1.82, 2.24) is 19.6 Å². The van der Waals surface area contributed by atoms with Gasteiger partial charge < -0.3 is 4.90 Å². The quantitative estimate of drug-likeness (QED) is 0.569. The van der Waals surface area contributed by atoms with Crippen molar-refractivity contribution in [3.63, 3.8) is 0 Å². The SMILES string of the molecule is CN(c1cccc(C#N)c1)c1nc2nncn2c2ccccc12. The van der Waals surface area contributed by atoms with Gasteiger partial charge in [-0.1, -0.05) is 18.2 Å². The van der Waals surface area contributed by atoms with Crippen LogP contribution in [0.25, 0.3) is 16.7 Å². The average Bonchev–Trinajstić information content (AvgIpc) is 3.09. The molecule has 0 saturated heterocycles. The van der Waals surface area contributed by atoms with Gasteiger partial charge in [0.25, 0.3) is 5.78 Å². The minimum Gasteiger partial charge on any atom is -0.329 e. The van der Waals surface area contributed by atoms with Crippen molar-refractivity contribution in [2.75, 3.05) is 11.9 Å². The fourth-order valence-corrected chi connectivity index (χ4v) is 2.66. The van der Waals surface area contributed by atoms with E-state index in [-0.39, 0.29) is 0 Å². The molecule has 6 heteroatoms. The third kappa shape index (κ3) is 2.07. The van der Waals surface area contributed by atoms with Crippen molar-refractivity contribution >= 4 is 28.2 Å². The van der Waals surface area contributed by atoms with Crippen LogP contribution in [-0.2, 0) is 0 Å². The van der Waals surface area contributed by atoms with E-state index >= 15 is 0 Å². The smallest absolute Gasteiger partial charge is 0.257 e. The van der Waals surface area contributed by atoms with Crippen LogP contribution in [0.15, 0.2) is 54.9 Å². The molecule has 0 aliphatic rings. The molecule has 0 unspecified atom stereocenters. The molecule has 0 aliphatic heterocycles. The van der Waals surface area contributed by atoms with Crippen LogP contribution in [0, 0.1) is 11.3 Å². The summed E-state index contributed by atoms with van der Waals surface area (Å²) < 4.78 is 1.86. The lowest BCUT2D eigenvalue weighted by Gasteiger charge is -2.20. The normalized spacial score (nSPS) is 10.8. The molecule has 4 aromatic rings. The van der Waals surface area contributed by atoms with Gasteiger partial charge in [-0.15, -0.1) is 10.2 Å². The molecular weight excluding hydrogens is 288 g/mol. The Morgan fingerprint density at radius 3 is 2.87 bits per heavy atom. The zero-order chi connectivity index (χ0) is 15.8. The number of aromatic nitrogens is 4. The summed E-state index contributed by atoms with van der Waals surface area (Å²) in [5.74, 6) is 1.32. The maximum Gasteiger partial charge on any atom is 0.257 e. The zero-order valence-electron chi connectivity index (χ0n) is 12.4. The molecule has 0 aliphatic carbocycles. The molecule has 6 nitrogen and oxygen atoms in total. The Balaban J connectivity index is 1.97. The number of nitrogens with zero attached hydrogens (tertiary/aromatic N) is 6. The molecular formula is C17H12N6. The lowest BCUT2D eigenvalue weighted by molar-refractivity contribution is 1.08. The van der Waals surface area contributed by atoms with E-state index in [0.29, 0.717) is 11.3 Å². The van der Waals surface area contributed by atoms with Crippen molar-refractivity contribution in [3.8, 4) is 6.07 Å². The largest absolute Gasteiger partial charge is 0.329 e. The van der Waals surface area contributed by atoms with Gasteiger partial charge in [0.2, 0.25) is 0 Å². The van der Waals surface area contributed by atoms with Gasteiger partial charge in [-0.2, -0.15) is 10.2 Å². The van der Waals surface area contributed by atoms with E-state index in [1.807, 2.05) is 58.8 Å². The van der Waals surface area contributed by atoms with Gasteiger partial charge in [-0.05, 0) is 30.3 Å². The number of fused-ring (bicyclic) bond motifs is 3. The fourth-order valence-electron chi connectivity index (χ4n) is 2.66. The van der Waals surface area contributed by atoms with Crippen LogP contribution in [0.5, 0.6) is 0 Å². The second-order valence-electron chi connectivity index (χ2n) is 5.17. The van der Waals surface area contributed by atoms with Gasteiger partial charge in [0.05, 0.1) is 17.1 Å². The van der Waals surface area contributed by atoms with Crippen molar-refractivity contribution in [3.05, 3.63) is 60.4 Å². The van der Waals surface area contributed by atoms with E-state index < -0.39 is 0 Å². The second kappa shape index (κ2) is 5.07. The van der Waals surface area contributed by atoms with Gasteiger partial charge in [0.15, 0.2) is 0 Å². The van der Waals surface area contributed by atoms with Crippen LogP contribution in [-0.4, -0.2) is 26.6 Å². The summed E-state index contributed by atoms with van der Waals surface area (Å²) in [7, 11) is 1.93. The molecule has 0 N–H and O–H groups in total. The highest BCUT2D eigenvalue weighted by Crippen LogP contribution is 2.30. The Bertz CT molecular complexity index is 1060. The predicted octanol–water partition coefficient (Wildman–Crippen LogP) is 2.92. The number of hydrogen-bond acceptors (Lipinski definition) is 5. The van der Waals surface area contributed by atoms with Crippen molar-refractivity contribution in [2.45, 2.75) is 0 Å². The first-order valence-electron chi connectivity index (χ1n) is 7.10. The molecule has 0 radical (unpaired) electrons. The summed E-state index contributed by atoms with van der Waals surface area (Å²) in [6.45, 7) is 0. The number of para-hydroxylation sites is 1. The van der Waals surface area contributed by atoms with Crippen molar-refractivity contribution < 1.29 is 0 Å². The summed E-state index contributed by atoms with van der Waals surface area (Å²) in [4.78, 5) is 6.58. The van der Waals surface area contributed by atoms with Crippen LogP contribution in [0.3, 0.4) is 0 Å². The first-order valence-corrected chi connectivity index (χ1v) is 7.10. The number of rotatable bonds is 2. The summed E-state index contributed by atoms with van der Waals surface area (Å²) in [6, 6.07) is 17.6. The molecule has 23 heavy (non-hydrogen) atoms. The van der Waals surface area contributed by atoms with Gasteiger partial charge >= 0.3 is 0 Å². The predicted molar refractivity (Wildman–Crippen MR) is 87.5 cm³/mol. The third-order valence-corrected chi connectivity index (χ3v) is 3.82.